The zero-order valence-electron chi connectivity index (χ0n) is 13.4. The molecule has 0 radical (unpaired) electrons. The van der Waals surface area contributed by atoms with Crippen molar-refractivity contribution in [3.63, 3.8) is 0 Å². The molecule has 1 aliphatic rings. The number of benzene rings is 1. The molecule has 122 valence electrons. The van der Waals surface area contributed by atoms with Crippen LogP contribution in [0.15, 0.2) is 34.7 Å². The van der Waals surface area contributed by atoms with Gasteiger partial charge >= 0.3 is 6.01 Å². The number of piperidine rings is 1. The molecule has 1 aliphatic heterocycles. The van der Waals surface area contributed by atoms with Crippen LogP contribution in [-0.4, -0.2) is 29.2 Å². The Kier molecular flexibility index (Phi) is 4.90. The number of hydrogen-bond acceptors (Lipinski definition) is 5. The smallest absolute Gasteiger partial charge is 0.318 e. The Morgan fingerprint density at radius 3 is 2.65 bits per heavy atom. The number of carbonyl (C=O) groups is 1. The van der Waals surface area contributed by atoms with Crippen molar-refractivity contribution in [2.24, 2.45) is 0 Å². The Morgan fingerprint density at radius 2 is 1.96 bits per heavy atom. The molecule has 6 nitrogen and oxygen atoms in total. The summed E-state index contributed by atoms with van der Waals surface area (Å²) in [6.45, 7) is 3.71. The normalized spacial score (nSPS) is 16.1. The van der Waals surface area contributed by atoms with Crippen LogP contribution in [0.3, 0.4) is 0 Å². The first-order valence-corrected chi connectivity index (χ1v) is 8.20. The zero-order valence-corrected chi connectivity index (χ0v) is 13.4. The molecule has 0 saturated carbocycles. The molecule has 1 amide bonds. The van der Waals surface area contributed by atoms with E-state index >= 15 is 0 Å². The number of carbonyl (C=O) groups excluding carboxylic acids is 1. The third-order valence-corrected chi connectivity index (χ3v) is 4.06. The van der Waals surface area contributed by atoms with E-state index in [0.717, 1.165) is 31.5 Å². The van der Waals surface area contributed by atoms with Gasteiger partial charge in [-0.2, -0.15) is 0 Å². The molecule has 2 heterocycles. The number of anilines is 1. The fraction of sp³-hybridized carbons (Fsp3) is 0.471. The molecule has 1 aromatic carbocycles. The summed E-state index contributed by atoms with van der Waals surface area (Å²) in [5, 5.41) is 11.3. The lowest BCUT2D eigenvalue weighted by Crippen LogP contribution is -2.30. The summed E-state index contributed by atoms with van der Waals surface area (Å²) in [6.07, 6.45) is 3.95. The highest BCUT2D eigenvalue weighted by atomic mass is 16.4. The summed E-state index contributed by atoms with van der Waals surface area (Å²) < 4.78 is 5.87. The summed E-state index contributed by atoms with van der Waals surface area (Å²) in [7, 11) is 0. The molecule has 0 bridgehead atoms. The van der Waals surface area contributed by atoms with Crippen molar-refractivity contribution in [1.29, 1.82) is 0 Å². The quantitative estimate of drug-likeness (QED) is 0.918. The van der Waals surface area contributed by atoms with Gasteiger partial charge in [-0.05, 0) is 24.8 Å². The van der Waals surface area contributed by atoms with Crippen LogP contribution in [0.1, 0.15) is 50.1 Å². The molecule has 1 N–H and O–H groups in total. The predicted octanol–water partition coefficient (Wildman–Crippen LogP) is 2.68. The standard InChI is InChI=1S/C17H22N4O2/c1-2-14(22)18-15(13-9-5-3-6-10-13)16-19-20-17(23-16)21-11-7-4-8-12-21/h3,5-6,9-10,15H,2,4,7-8,11-12H2,1H3,(H,18,22)/t15-/m0/s1. The van der Waals surface area contributed by atoms with E-state index in [1.54, 1.807) is 0 Å². The molecule has 2 aromatic rings. The molecule has 0 spiro atoms. The average Bonchev–Trinajstić information content (AvgIpc) is 3.10. The third-order valence-electron chi connectivity index (χ3n) is 4.06. The Morgan fingerprint density at radius 1 is 1.22 bits per heavy atom. The van der Waals surface area contributed by atoms with Crippen molar-refractivity contribution in [3.8, 4) is 0 Å². The first-order valence-electron chi connectivity index (χ1n) is 8.20. The van der Waals surface area contributed by atoms with Crippen LogP contribution < -0.4 is 10.2 Å². The molecular weight excluding hydrogens is 292 g/mol. The van der Waals surface area contributed by atoms with Gasteiger partial charge in [0.15, 0.2) is 0 Å². The molecular formula is C17H22N4O2. The third kappa shape index (κ3) is 3.70. The SMILES string of the molecule is CCC(=O)N[C@@H](c1ccccc1)c1nnc(N2CCCCC2)o1. The second-order valence-corrected chi connectivity index (χ2v) is 5.74. The molecule has 3 rings (SSSR count). The summed E-state index contributed by atoms with van der Waals surface area (Å²) in [5.41, 5.74) is 0.933. The largest absolute Gasteiger partial charge is 0.405 e. The van der Waals surface area contributed by atoms with Crippen molar-refractivity contribution in [3.05, 3.63) is 41.8 Å². The van der Waals surface area contributed by atoms with Gasteiger partial charge in [-0.25, -0.2) is 0 Å². The van der Waals surface area contributed by atoms with Crippen molar-refractivity contribution in [2.75, 3.05) is 18.0 Å². The number of rotatable bonds is 5. The van der Waals surface area contributed by atoms with E-state index in [-0.39, 0.29) is 5.91 Å². The van der Waals surface area contributed by atoms with Crippen molar-refractivity contribution >= 4 is 11.9 Å². The van der Waals surface area contributed by atoms with Crippen LogP contribution in [0.2, 0.25) is 0 Å². The zero-order chi connectivity index (χ0) is 16.1. The Hall–Kier alpha value is -2.37. The maximum Gasteiger partial charge on any atom is 0.318 e. The molecule has 1 atom stereocenters. The molecule has 1 fully saturated rings. The van der Waals surface area contributed by atoms with Gasteiger partial charge in [0, 0.05) is 19.5 Å². The van der Waals surface area contributed by atoms with Gasteiger partial charge in [0.2, 0.25) is 11.8 Å². The highest BCUT2D eigenvalue weighted by Gasteiger charge is 2.24. The number of nitrogens with one attached hydrogen (secondary N) is 1. The van der Waals surface area contributed by atoms with Crippen molar-refractivity contribution < 1.29 is 9.21 Å². The predicted molar refractivity (Wildman–Crippen MR) is 87.1 cm³/mol. The van der Waals surface area contributed by atoms with Crippen molar-refractivity contribution in [1.82, 2.24) is 15.5 Å². The fourth-order valence-electron chi connectivity index (χ4n) is 2.75. The summed E-state index contributed by atoms with van der Waals surface area (Å²) in [5.74, 6) is 0.384. The molecule has 1 saturated heterocycles. The average molecular weight is 314 g/mol. The van der Waals surface area contributed by atoms with Gasteiger partial charge in [0.25, 0.3) is 0 Å². The topological polar surface area (TPSA) is 71.3 Å². The lowest BCUT2D eigenvalue weighted by Gasteiger charge is -2.24. The highest BCUT2D eigenvalue weighted by molar-refractivity contribution is 5.76. The first-order chi connectivity index (χ1) is 11.3. The minimum Gasteiger partial charge on any atom is -0.405 e. The minimum atomic E-state index is -0.408. The van der Waals surface area contributed by atoms with E-state index in [1.165, 1.54) is 6.42 Å². The second kappa shape index (κ2) is 7.26. The minimum absolute atomic E-state index is 0.0448. The number of nitrogens with zero attached hydrogens (tertiary/aromatic N) is 3. The van der Waals surface area contributed by atoms with Gasteiger partial charge in [-0.3, -0.25) is 4.79 Å². The Balaban J connectivity index is 1.84. The summed E-state index contributed by atoms with van der Waals surface area (Å²) in [4.78, 5) is 14.0. The molecule has 6 heteroatoms. The van der Waals surface area contributed by atoms with Gasteiger partial charge in [0.05, 0.1) is 0 Å². The van der Waals surface area contributed by atoms with Crippen LogP contribution in [0.25, 0.3) is 0 Å². The van der Waals surface area contributed by atoms with Crippen LogP contribution in [0.4, 0.5) is 6.01 Å². The second-order valence-electron chi connectivity index (χ2n) is 5.74. The van der Waals surface area contributed by atoms with Gasteiger partial charge in [-0.15, -0.1) is 5.10 Å². The van der Waals surface area contributed by atoms with E-state index < -0.39 is 6.04 Å². The summed E-state index contributed by atoms with van der Waals surface area (Å²) >= 11 is 0. The van der Waals surface area contributed by atoms with E-state index in [9.17, 15) is 4.79 Å². The maximum absolute atomic E-state index is 11.9. The van der Waals surface area contributed by atoms with Crippen LogP contribution in [0, 0.1) is 0 Å². The monoisotopic (exact) mass is 314 g/mol. The Bertz CT molecular complexity index is 635. The number of amides is 1. The van der Waals surface area contributed by atoms with E-state index in [2.05, 4.69) is 20.4 Å². The molecule has 1 aromatic heterocycles. The number of aromatic nitrogens is 2. The van der Waals surface area contributed by atoms with Crippen LogP contribution >= 0.6 is 0 Å². The van der Waals surface area contributed by atoms with Gasteiger partial charge < -0.3 is 14.6 Å². The summed E-state index contributed by atoms with van der Waals surface area (Å²) in [6, 6.07) is 9.84. The lowest BCUT2D eigenvalue weighted by molar-refractivity contribution is -0.121. The van der Waals surface area contributed by atoms with Gasteiger partial charge in [-0.1, -0.05) is 42.4 Å². The lowest BCUT2D eigenvalue weighted by atomic mass is 10.1. The van der Waals surface area contributed by atoms with Crippen LogP contribution in [-0.2, 0) is 4.79 Å². The highest BCUT2D eigenvalue weighted by Crippen LogP contribution is 2.25. The van der Waals surface area contributed by atoms with E-state index in [0.29, 0.717) is 18.3 Å². The first kappa shape index (κ1) is 15.5. The van der Waals surface area contributed by atoms with E-state index in [1.807, 2.05) is 37.3 Å². The number of hydrogen-bond donors (Lipinski definition) is 1. The van der Waals surface area contributed by atoms with E-state index in [4.69, 9.17) is 4.42 Å². The molecule has 0 aliphatic carbocycles. The Labute approximate surface area is 135 Å². The van der Waals surface area contributed by atoms with Gasteiger partial charge in [0.1, 0.15) is 6.04 Å². The molecule has 23 heavy (non-hydrogen) atoms. The molecule has 0 unspecified atom stereocenters. The van der Waals surface area contributed by atoms with Crippen LogP contribution in [0.5, 0.6) is 0 Å². The fourth-order valence-corrected chi connectivity index (χ4v) is 2.75. The van der Waals surface area contributed by atoms with Crippen molar-refractivity contribution in [2.45, 2.75) is 38.6 Å². The maximum atomic E-state index is 11.9.